The van der Waals surface area contributed by atoms with Gasteiger partial charge in [0.15, 0.2) is 0 Å². The molecule has 1 aliphatic heterocycles. The van der Waals surface area contributed by atoms with E-state index in [1.54, 1.807) is 6.04 Å². The Hall–Kier alpha value is -0.0400. The highest BCUT2D eigenvalue weighted by molar-refractivity contribution is 5.05. The van der Waals surface area contributed by atoms with E-state index in [9.17, 15) is 0 Å². The zero-order chi connectivity index (χ0) is 5.40. The molecule has 1 atom stereocenters. The predicted molar refractivity (Wildman–Crippen MR) is 33.2 cm³/mol. The minimum atomic E-state index is 0.990. The van der Waals surface area contributed by atoms with Crippen LogP contribution in [0, 0.1) is 12.0 Å². The lowest BCUT2D eigenvalue weighted by Gasteiger charge is -2.40. The summed E-state index contributed by atoms with van der Waals surface area (Å²) in [6.07, 6.45) is 5.68. The maximum atomic E-state index is 3.44. The Morgan fingerprint density at radius 3 is 2.75 bits per heavy atom. The van der Waals surface area contributed by atoms with Crippen molar-refractivity contribution in [2.45, 2.75) is 25.7 Å². The lowest BCUT2D eigenvalue weighted by molar-refractivity contribution is 0.253. The highest BCUT2D eigenvalue weighted by atomic mass is 14.9. The molecule has 1 unspecified atom stereocenters. The molecule has 0 aromatic heterocycles. The zero-order valence-corrected chi connectivity index (χ0v) is 5.11. The molecule has 0 aromatic rings. The van der Waals surface area contributed by atoms with Crippen LogP contribution in [0.15, 0.2) is 0 Å². The molecule has 0 bridgehead atoms. The van der Waals surface area contributed by atoms with Gasteiger partial charge in [-0.25, -0.2) is 0 Å². The fraction of sp³-hybridized carbons (Fsp3) is 0.857. The summed E-state index contributed by atoms with van der Waals surface area (Å²) < 4.78 is 0. The molecule has 8 heavy (non-hydrogen) atoms. The van der Waals surface area contributed by atoms with Gasteiger partial charge < -0.3 is 5.32 Å². The average Bonchev–Trinajstić information content (AvgIpc) is 1.72. The Morgan fingerprint density at radius 2 is 2.38 bits per heavy atom. The van der Waals surface area contributed by atoms with E-state index in [-0.39, 0.29) is 0 Å². The van der Waals surface area contributed by atoms with Crippen molar-refractivity contribution in [3.8, 4) is 0 Å². The van der Waals surface area contributed by atoms with Crippen molar-refractivity contribution in [2.24, 2.45) is 5.92 Å². The quantitative estimate of drug-likeness (QED) is 0.495. The van der Waals surface area contributed by atoms with Gasteiger partial charge in [0, 0.05) is 6.04 Å². The van der Waals surface area contributed by atoms with E-state index < -0.39 is 0 Å². The highest BCUT2D eigenvalue weighted by Gasteiger charge is 2.32. The molecule has 1 heteroatoms. The third-order valence-corrected chi connectivity index (χ3v) is 2.34. The van der Waals surface area contributed by atoms with Crippen LogP contribution in [0.1, 0.15) is 25.7 Å². The van der Waals surface area contributed by atoms with Gasteiger partial charge in [0.05, 0.1) is 0 Å². The molecule has 1 N–H and O–H groups in total. The topological polar surface area (TPSA) is 12.0 Å². The van der Waals surface area contributed by atoms with Crippen molar-refractivity contribution >= 4 is 0 Å². The van der Waals surface area contributed by atoms with Crippen LogP contribution < -0.4 is 5.32 Å². The molecule has 0 spiro atoms. The lowest BCUT2D eigenvalue weighted by atomic mass is 9.75. The Labute approximate surface area is 50.5 Å². The van der Waals surface area contributed by atoms with Crippen molar-refractivity contribution in [2.75, 3.05) is 6.54 Å². The van der Waals surface area contributed by atoms with Gasteiger partial charge in [-0.3, -0.25) is 0 Å². The zero-order valence-electron chi connectivity index (χ0n) is 5.11. The Bertz CT molecular complexity index is 78.4. The van der Waals surface area contributed by atoms with Gasteiger partial charge in [0.1, 0.15) is 0 Å². The summed E-state index contributed by atoms with van der Waals surface area (Å²) in [7, 11) is 0. The number of piperidine rings is 1. The SMILES string of the molecule is C1CN[C]2CCC2C1. The molecule has 1 radical (unpaired) electrons. The van der Waals surface area contributed by atoms with Crippen LogP contribution in [0.4, 0.5) is 0 Å². The van der Waals surface area contributed by atoms with Crippen LogP contribution >= 0.6 is 0 Å². The summed E-state index contributed by atoms with van der Waals surface area (Å²) in [5, 5.41) is 3.44. The Morgan fingerprint density at radius 1 is 1.38 bits per heavy atom. The normalized spacial score (nSPS) is 38.2. The third kappa shape index (κ3) is 0.576. The van der Waals surface area contributed by atoms with Crippen molar-refractivity contribution in [3.05, 3.63) is 6.04 Å². The van der Waals surface area contributed by atoms with E-state index in [4.69, 9.17) is 0 Å². The first kappa shape index (κ1) is 4.80. The summed E-state index contributed by atoms with van der Waals surface area (Å²) in [5.41, 5.74) is 0. The van der Waals surface area contributed by atoms with E-state index in [0.717, 1.165) is 5.92 Å². The summed E-state index contributed by atoms with van der Waals surface area (Å²) in [6, 6.07) is 1.65. The monoisotopic (exact) mass is 110 g/mol. The minimum Gasteiger partial charge on any atom is -0.309 e. The number of nitrogens with one attached hydrogen (secondary N) is 1. The van der Waals surface area contributed by atoms with Crippen LogP contribution in [0.3, 0.4) is 0 Å². The molecule has 0 aromatic carbocycles. The van der Waals surface area contributed by atoms with Crippen molar-refractivity contribution in [3.63, 3.8) is 0 Å². The van der Waals surface area contributed by atoms with Gasteiger partial charge in [-0.2, -0.15) is 0 Å². The van der Waals surface area contributed by atoms with Gasteiger partial charge in [0.25, 0.3) is 0 Å². The molecular weight excluding hydrogens is 98.1 g/mol. The number of hydrogen-bond donors (Lipinski definition) is 1. The van der Waals surface area contributed by atoms with Crippen LogP contribution in [0.2, 0.25) is 0 Å². The lowest BCUT2D eigenvalue weighted by Crippen LogP contribution is -2.40. The maximum Gasteiger partial charge on any atom is 0.0395 e. The molecule has 1 saturated heterocycles. The second-order valence-electron chi connectivity index (χ2n) is 2.83. The van der Waals surface area contributed by atoms with Crippen LogP contribution in [0.25, 0.3) is 0 Å². The molecule has 1 nitrogen and oxygen atoms in total. The molecule has 1 aliphatic carbocycles. The Kier molecular flexibility index (Phi) is 1.04. The molecular formula is C7H12N. The van der Waals surface area contributed by atoms with Gasteiger partial charge in [-0.1, -0.05) is 0 Å². The summed E-state index contributed by atoms with van der Waals surface area (Å²) >= 11 is 0. The Balaban J connectivity index is 1.92. The molecule has 1 heterocycles. The van der Waals surface area contributed by atoms with E-state index in [2.05, 4.69) is 5.32 Å². The van der Waals surface area contributed by atoms with Crippen molar-refractivity contribution in [1.82, 2.24) is 5.32 Å². The summed E-state index contributed by atoms with van der Waals surface area (Å²) in [5.74, 6) is 0.990. The minimum absolute atomic E-state index is 0.990. The first-order valence-corrected chi connectivity index (χ1v) is 3.56. The fourth-order valence-electron chi connectivity index (χ4n) is 1.64. The first-order chi connectivity index (χ1) is 3.97. The smallest absolute Gasteiger partial charge is 0.0395 e. The second kappa shape index (κ2) is 1.73. The van der Waals surface area contributed by atoms with Gasteiger partial charge in [-0.05, 0) is 38.1 Å². The number of hydrogen-bond acceptors (Lipinski definition) is 1. The van der Waals surface area contributed by atoms with Crippen LogP contribution in [-0.2, 0) is 0 Å². The number of rotatable bonds is 0. The van der Waals surface area contributed by atoms with E-state index in [1.165, 1.54) is 32.2 Å². The van der Waals surface area contributed by atoms with Crippen LogP contribution in [0.5, 0.6) is 0 Å². The standard InChI is InChI=1S/C7H12N/c1-2-6-3-4-7(6)8-5-1/h6,8H,1-5H2. The van der Waals surface area contributed by atoms with Crippen molar-refractivity contribution < 1.29 is 0 Å². The molecule has 2 fully saturated rings. The largest absolute Gasteiger partial charge is 0.309 e. The highest BCUT2D eigenvalue weighted by Crippen LogP contribution is 2.39. The van der Waals surface area contributed by atoms with E-state index in [0.29, 0.717) is 0 Å². The van der Waals surface area contributed by atoms with Gasteiger partial charge >= 0.3 is 0 Å². The second-order valence-corrected chi connectivity index (χ2v) is 2.83. The summed E-state index contributed by atoms with van der Waals surface area (Å²) in [4.78, 5) is 0. The van der Waals surface area contributed by atoms with Crippen LogP contribution in [-0.4, -0.2) is 6.54 Å². The first-order valence-electron chi connectivity index (χ1n) is 3.56. The van der Waals surface area contributed by atoms with E-state index >= 15 is 0 Å². The fourth-order valence-corrected chi connectivity index (χ4v) is 1.64. The number of fused-ring (bicyclic) bond motifs is 1. The molecule has 2 rings (SSSR count). The predicted octanol–water partition coefficient (Wildman–Crippen LogP) is 1.31. The van der Waals surface area contributed by atoms with E-state index in [1.807, 2.05) is 0 Å². The molecule has 45 valence electrons. The van der Waals surface area contributed by atoms with Gasteiger partial charge in [0.2, 0.25) is 0 Å². The van der Waals surface area contributed by atoms with Crippen molar-refractivity contribution in [1.29, 1.82) is 0 Å². The van der Waals surface area contributed by atoms with Gasteiger partial charge in [-0.15, -0.1) is 0 Å². The summed E-state index contributed by atoms with van der Waals surface area (Å²) in [6.45, 7) is 1.24. The average molecular weight is 110 g/mol. The molecule has 0 amide bonds. The molecule has 2 aliphatic rings. The molecule has 1 saturated carbocycles. The third-order valence-electron chi connectivity index (χ3n) is 2.34. The maximum absolute atomic E-state index is 3.44.